The first-order chi connectivity index (χ1) is 13.0. The van der Waals surface area contributed by atoms with Crippen molar-refractivity contribution in [1.82, 2.24) is 5.32 Å². The Balaban J connectivity index is 1.86. The smallest absolute Gasteiger partial charge is 0.291 e. The first-order valence-electron chi connectivity index (χ1n) is 7.91. The first kappa shape index (κ1) is 19.1. The minimum absolute atomic E-state index is 0.0936. The number of hydrogen-bond donors (Lipinski definition) is 2. The predicted molar refractivity (Wildman–Crippen MR) is 111 cm³/mol. The van der Waals surface area contributed by atoms with E-state index in [0.29, 0.717) is 10.4 Å². The number of nitrogens with one attached hydrogen (secondary N) is 2. The summed E-state index contributed by atoms with van der Waals surface area (Å²) in [6.07, 6.45) is 1.60. The highest BCUT2D eigenvalue weighted by Gasteiger charge is 2.17. The Morgan fingerprint density at radius 1 is 0.889 bits per heavy atom. The number of furan rings is 1. The first-order valence-corrected chi connectivity index (χ1v) is 9.50. The number of amides is 2. The number of para-hydroxylation sites is 1. The predicted octanol–water partition coefficient (Wildman–Crippen LogP) is 5.21. The van der Waals surface area contributed by atoms with Crippen molar-refractivity contribution in [2.45, 2.75) is 0 Å². The van der Waals surface area contributed by atoms with Gasteiger partial charge < -0.3 is 15.1 Å². The lowest BCUT2D eigenvalue weighted by atomic mass is 10.2. The van der Waals surface area contributed by atoms with Crippen LogP contribution in [0.15, 0.2) is 86.0 Å². The normalized spacial score (nSPS) is 11.1. The van der Waals surface area contributed by atoms with Gasteiger partial charge in [0.25, 0.3) is 11.8 Å². The molecule has 3 aromatic rings. The Morgan fingerprint density at radius 2 is 1.59 bits per heavy atom. The fourth-order valence-electron chi connectivity index (χ4n) is 2.22. The summed E-state index contributed by atoms with van der Waals surface area (Å²) in [5.41, 5.74) is 1.48. The second-order valence-electron chi connectivity index (χ2n) is 5.49. The van der Waals surface area contributed by atoms with Gasteiger partial charge >= 0.3 is 0 Å². The molecule has 0 fully saturated rings. The van der Waals surface area contributed by atoms with Gasteiger partial charge in [0, 0.05) is 10.2 Å². The molecule has 0 radical (unpaired) electrons. The van der Waals surface area contributed by atoms with Gasteiger partial charge in [-0.05, 0) is 64.0 Å². The van der Waals surface area contributed by atoms with Gasteiger partial charge in [-0.2, -0.15) is 0 Å². The van der Waals surface area contributed by atoms with E-state index in [2.05, 4.69) is 42.5 Å². The molecule has 0 atom stereocenters. The standard InChI is InChI=1S/C20H14Br2N2O3/c21-14-8-6-13(7-9-14)12-16(19(25)23-15-4-2-1-3-5-15)24-20(26)17-10-11-18(22)27-17/h1-12H,(H,23,25)(H,24,26). The van der Waals surface area contributed by atoms with Crippen molar-refractivity contribution in [2.75, 3.05) is 5.32 Å². The Kier molecular flexibility index (Phi) is 6.26. The van der Waals surface area contributed by atoms with Gasteiger partial charge in [0.15, 0.2) is 10.4 Å². The highest BCUT2D eigenvalue weighted by Crippen LogP contribution is 2.16. The van der Waals surface area contributed by atoms with Gasteiger partial charge in [-0.25, -0.2) is 0 Å². The van der Waals surface area contributed by atoms with Gasteiger partial charge in [0.1, 0.15) is 5.70 Å². The van der Waals surface area contributed by atoms with E-state index in [0.717, 1.165) is 10.0 Å². The van der Waals surface area contributed by atoms with Gasteiger partial charge in [-0.3, -0.25) is 9.59 Å². The van der Waals surface area contributed by atoms with E-state index in [1.54, 1.807) is 24.3 Å². The third-order valence-corrected chi connectivity index (χ3v) is 4.46. The molecule has 7 heteroatoms. The molecule has 136 valence electrons. The third kappa shape index (κ3) is 5.42. The lowest BCUT2D eigenvalue weighted by Gasteiger charge is -2.10. The molecule has 1 heterocycles. The molecule has 2 amide bonds. The molecule has 5 nitrogen and oxygen atoms in total. The van der Waals surface area contributed by atoms with E-state index in [9.17, 15) is 9.59 Å². The summed E-state index contributed by atoms with van der Waals surface area (Å²) in [6, 6.07) is 19.5. The van der Waals surface area contributed by atoms with Crippen LogP contribution in [-0.2, 0) is 4.79 Å². The summed E-state index contributed by atoms with van der Waals surface area (Å²) in [7, 11) is 0. The number of carbonyl (C=O) groups excluding carboxylic acids is 2. The molecular weight excluding hydrogens is 476 g/mol. The zero-order valence-electron chi connectivity index (χ0n) is 13.9. The van der Waals surface area contributed by atoms with Crippen LogP contribution in [0, 0.1) is 0 Å². The van der Waals surface area contributed by atoms with Crippen LogP contribution < -0.4 is 10.6 Å². The highest BCUT2D eigenvalue weighted by atomic mass is 79.9. The van der Waals surface area contributed by atoms with Crippen LogP contribution >= 0.6 is 31.9 Å². The molecule has 3 rings (SSSR count). The Bertz CT molecular complexity index is 980. The largest absolute Gasteiger partial charge is 0.444 e. The molecule has 0 aliphatic rings. The van der Waals surface area contributed by atoms with E-state index in [1.165, 1.54) is 6.07 Å². The second-order valence-corrected chi connectivity index (χ2v) is 7.18. The van der Waals surface area contributed by atoms with Crippen LogP contribution in [0.1, 0.15) is 16.1 Å². The number of rotatable bonds is 5. The number of halogens is 2. The maximum absolute atomic E-state index is 12.7. The van der Waals surface area contributed by atoms with Crippen LogP contribution in [0.4, 0.5) is 5.69 Å². The summed E-state index contributed by atoms with van der Waals surface area (Å²) in [4.78, 5) is 25.1. The minimum atomic E-state index is -0.521. The van der Waals surface area contributed by atoms with Crippen molar-refractivity contribution in [1.29, 1.82) is 0 Å². The summed E-state index contributed by atoms with van der Waals surface area (Å²) < 4.78 is 6.60. The fourth-order valence-corrected chi connectivity index (χ4v) is 2.80. The maximum Gasteiger partial charge on any atom is 0.291 e. The van der Waals surface area contributed by atoms with Crippen LogP contribution in [0.3, 0.4) is 0 Å². The maximum atomic E-state index is 12.7. The molecular formula is C20H14Br2N2O3. The Morgan fingerprint density at radius 3 is 2.22 bits per heavy atom. The summed E-state index contributed by atoms with van der Waals surface area (Å²) in [6.45, 7) is 0. The van der Waals surface area contributed by atoms with Crippen molar-refractivity contribution < 1.29 is 14.0 Å². The van der Waals surface area contributed by atoms with Gasteiger partial charge in [0.05, 0.1) is 0 Å². The summed E-state index contributed by atoms with van der Waals surface area (Å²) in [5, 5.41) is 5.38. The van der Waals surface area contributed by atoms with Gasteiger partial charge in [-0.15, -0.1) is 0 Å². The van der Waals surface area contributed by atoms with E-state index in [4.69, 9.17) is 4.42 Å². The minimum Gasteiger partial charge on any atom is -0.444 e. The molecule has 0 aliphatic carbocycles. The number of benzene rings is 2. The van der Waals surface area contributed by atoms with Crippen LogP contribution in [-0.4, -0.2) is 11.8 Å². The molecule has 0 spiro atoms. The molecule has 0 unspecified atom stereocenters. The average molecular weight is 490 g/mol. The highest BCUT2D eigenvalue weighted by molar-refractivity contribution is 9.10. The van der Waals surface area contributed by atoms with E-state index in [-0.39, 0.29) is 11.5 Å². The topological polar surface area (TPSA) is 71.3 Å². The van der Waals surface area contributed by atoms with Crippen molar-refractivity contribution in [2.24, 2.45) is 0 Å². The zero-order valence-corrected chi connectivity index (χ0v) is 17.1. The SMILES string of the molecule is O=C(Nc1ccccc1)C(=Cc1ccc(Br)cc1)NC(=O)c1ccc(Br)o1. The second kappa shape index (κ2) is 8.83. The van der Waals surface area contributed by atoms with Crippen LogP contribution in [0.2, 0.25) is 0 Å². The van der Waals surface area contributed by atoms with Crippen LogP contribution in [0.5, 0.6) is 0 Å². The molecule has 0 saturated heterocycles. The number of anilines is 1. The van der Waals surface area contributed by atoms with E-state index in [1.807, 2.05) is 42.5 Å². The lowest BCUT2D eigenvalue weighted by molar-refractivity contribution is -0.113. The molecule has 2 N–H and O–H groups in total. The summed E-state index contributed by atoms with van der Waals surface area (Å²) >= 11 is 6.53. The molecule has 0 saturated carbocycles. The van der Waals surface area contributed by atoms with E-state index < -0.39 is 11.8 Å². The van der Waals surface area contributed by atoms with E-state index >= 15 is 0 Å². The summed E-state index contributed by atoms with van der Waals surface area (Å²) in [5.74, 6) is -0.869. The molecule has 0 bridgehead atoms. The van der Waals surface area contributed by atoms with Gasteiger partial charge in [0.2, 0.25) is 0 Å². The lowest BCUT2D eigenvalue weighted by Crippen LogP contribution is -2.30. The quantitative estimate of drug-likeness (QED) is 0.483. The van der Waals surface area contributed by atoms with Crippen molar-refractivity contribution in [3.05, 3.63) is 92.9 Å². The van der Waals surface area contributed by atoms with Gasteiger partial charge in [-0.1, -0.05) is 46.3 Å². The average Bonchev–Trinajstić information content (AvgIpc) is 3.10. The third-order valence-electron chi connectivity index (χ3n) is 3.50. The molecule has 27 heavy (non-hydrogen) atoms. The van der Waals surface area contributed by atoms with Crippen molar-refractivity contribution in [3.63, 3.8) is 0 Å². The number of carbonyl (C=O) groups is 2. The van der Waals surface area contributed by atoms with Crippen molar-refractivity contribution in [3.8, 4) is 0 Å². The monoisotopic (exact) mass is 488 g/mol. The molecule has 2 aromatic carbocycles. The number of hydrogen-bond acceptors (Lipinski definition) is 3. The molecule has 1 aromatic heterocycles. The Hall–Kier alpha value is -2.64. The zero-order chi connectivity index (χ0) is 19.2. The molecule has 0 aliphatic heterocycles. The Labute approximate surface area is 172 Å². The fraction of sp³-hybridized carbons (Fsp3) is 0. The van der Waals surface area contributed by atoms with Crippen molar-refractivity contribution >= 4 is 55.4 Å². The van der Waals surface area contributed by atoms with Crippen LogP contribution in [0.25, 0.3) is 6.08 Å².